The van der Waals surface area contributed by atoms with Crippen molar-refractivity contribution in [3.05, 3.63) is 29.8 Å². The van der Waals surface area contributed by atoms with Gasteiger partial charge in [-0.15, -0.1) is 0 Å². The summed E-state index contributed by atoms with van der Waals surface area (Å²) in [6.07, 6.45) is 3.54. The van der Waals surface area contributed by atoms with Crippen molar-refractivity contribution in [1.29, 1.82) is 0 Å². The van der Waals surface area contributed by atoms with Crippen molar-refractivity contribution in [2.75, 3.05) is 32.8 Å². The number of urea groups is 1. The average molecular weight is 373 g/mol. The Morgan fingerprint density at radius 2 is 2.00 bits per heavy atom. The molecule has 27 heavy (non-hydrogen) atoms. The van der Waals surface area contributed by atoms with Crippen LogP contribution < -0.4 is 10.1 Å². The van der Waals surface area contributed by atoms with Crippen molar-refractivity contribution in [2.45, 2.75) is 51.5 Å². The Labute approximate surface area is 161 Å². The molecular weight excluding hydrogens is 342 g/mol. The smallest absolute Gasteiger partial charge is 0.327 e. The topological polar surface area (TPSA) is 61.9 Å². The lowest BCUT2D eigenvalue weighted by Crippen LogP contribution is -2.34. The third kappa shape index (κ3) is 4.61. The van der Waals surface area contributed by atoms with Crippen LogP contribution in [0, 0.1) is 0 Å². The molecule has 0 bridgehead atoms. The largest absolute Gasteiger partial charge is 0.492 e. The molecule has 2 heterocycles. The van der Waals surface area contributed by atoms with E-state index >= 15 is 0 Å². The predicted octanol–water partition coefficient (Wildman–Crippen LogP) is 2.99. The first-order valence-corrected chi connectivity index (χ1v) is 10.1. The van der Waals surface area contributed by atoms with Crippen molar-refractivity contribution in [3.63, 3.8) is 0 Å². The van der Waals surface area contributed by atoms with E-state index < -0.39 is 0 Å². The summed E-state index contributed by atoms with van der Waals surface area (Å²) in [7, 11) is 0. The van der Waals surface area contributed by atoms with E-state index in [1.165, 1.54) is 10.5 Å². The minimum Gasteiger partial charge on any atom is -0.492 e. The molecule has 0 spiro atoms. The molecule has 1 atom stereocenters. The van der Waals surface area contributed by atoms with Gasteiger partial charge < -0.3 is 15.0 Å². The van der Waals surface area contributed by atoms with Crippen LogP contribution in [0.25, 0.3) is 0 Å². The zero-order valence-electron chi connectivity index (χ0n) is 16.4. The van der Waals surface area contributed by atoms with Crippen molar-refractivity contribution >= 4 is 11.9 Å². The number of para-hydroxylation sites is 1. The Morgan fingerprint density at radius 3 is 2.78 bits per heavy atom. The van der Waals surface area contributed by atoms with Crippen molar-refractivity contribution in [2.24, 2.45) is 0 Å². The van der Waals surface area contributed by atoms with E-state index in [0.717, 1.165) is 51.1 Å². The summed E-state index contributed by atoms with van der Waals surface area (Å²) in [4.78, 5) is 27.6. The number of hydrogen-bond donors (Lipinski definition) is 1. The number of benzene rings is 1. The zero-order chi connectivity index (χ0) is 19.2. The summed E-state index contributed by atoms with van der Waals surface area (Å²) in [5, 5.41) is 3.37. The van der Waals surface area contributed by atoms with Gasteiger partial charge in [-0.1, -0.05) is 32.0 Å². The minimum absolute atomic E-state index is 0.00248. The van der Waals surface area contributed by atoms with Gasteiger partial charge in [0.05, 0.1) is 0 Å². The Bertz CT molecular complexity index is 640. The normalized spacial score (nSPS) is 19.3. The molecule has 0 radical (unpaired) electrons. The Kier molecular flexibility index (Phi) is 6.72. The fourth-order valence-corrected chi connectivity index (χ4v) is 3.85. The molecule has 1 N–H and O–H groups in total. The second-order valence-corrected chi connectivity index (χ2v) is 7.62. The average Bonchev–Trinajstić information content (AvgIpc) is 3.23. The van der Waals surface area contributed by atoms with Gasteiger partial charge in [-0.05, 0) is 49.8 Å². The molecule has 0 aliphatic carbocycles. The number of nitrogens with one attached hydrogen (secondary N) is 1. The maximum atomic E-state index is 12.2. The highest BCUT2D eigenvalue weighted by Crippen LogP contribution is 2.27. The standard InChI is InChI=1S/C21H31N3O3/c1-16(2)17-8-3-4-10-19(17)27-15-12-22-11-5-6-13-24-20(25)18-9-7-14-23(18)21(24)26/h3-4,8,10,16,18,22H,5-7,9,11-15H2,1-2H3/t18-/m0/s1. The van der Waals surface area contributed by atoms with Gasteiger partial charge in [0.2, 0.25) is 0 Å². The van der Waals surface area contributed by atoms with Gasteiger partial charge in [-0.2, -0.15) is 0 Å². The van der Waals surface area contributed by atoms with E-state index in [0.29, 0.717) is 19.1 Å². The zero-order valence-corrected chi connectivity index (χ0v) is 16.4. The maximum absolute atomic E-state index is 12.2. The highest BCUT2D eigenvalue weighted by Gasteiger charge is 2.46. The molecular formula is C21H31N3O3. The lowest BCUT2D eigenvalue weighted by Gasteiger charge is -2.15. The fourth-order valence-electron chi connectivity index (χ4n) is 3.85. The van der Waals surface area contributed by atoms with E-state index in [1.54, 1.807) is 4.90 Å². The van der Waals surface area contributed by atoms with Crippen LogP contribution in [0.3, 0.4) is 0 Å². The molecule has 3 amide bonds. The summed E-state index contributed by atoms with van der Waals surface area (Å²) >= 11 is 0. The number of carbonyl (C=O) groups excluding carboxylic acids is 2. The summed E-state index contributed by atoms with van der Waals surface area (Å²) < 4.78 is 5.89. The van der Waals surface area contributed by atoms with Crippen LogP contribution in [-0.2, 0) is 4.79 Å². The summed E-state index contributed by atoms with van der Waals surface area (Å²) in [6, 6.07) is 7.90. The molecule has 0 unspecified atom stereocenters. The number of amides is 3. The molecule has 6 nitrogen and oxygen atoms in total. The summed E-state index contributed by atoms with van der Waals surface area (Å²) in [5.74, 6) is 1.41. The second-order valence-electron chi connectivity index (χ2n) is 7.62. The molecule has 0 aromatic heterocycles. The maximum Gasteiger partial charge on any atom is 0.327 e. The monoisotopic (exact) mass is 373 g/mol. The number of hydrogen-bond acceptors (Lipinski definition) is 4. The molecule has 2 aliphatic rings. The van der Waals surface area contributed by atoms with Crippen LogP contribution in [0.2, 0.25) is 0 Å². The van der Waals surface area contributed by atoms with Crippen LogP contribution in [0.15, 0.2) is 24.3 Å². The molecule has 2 saturated heterocycles. The van der Waals surface area contributed by atoms with Crippen molar-refractivity contribution in [3.8, 4) is 5.75 Å². The highest BCUT2D eigenvalue weighted by molar-refractivity contribution is 6.04. The van der Waals surface area contributed by atoms with Crippen LogP contribution in [0.1, 0.15) is 51.0 Å². The molecule has 3 rings (SSSR count). The number of unbranched alkanes of at least 4 members (excludes halogenated alkanes) is 1. The van der Waals surface area contributed by atoms with Gasteiger partial charge >= 0.3 is 6.03 Å². The van der Waals surface area contributed by atoms with Crippen LogP contribution >= 0.6 is 0 Å². The van der Waals surface area contributed by atoms with Crippen LogP contribution in [-0.4, -0.2) is 60.6 Å². The molecule has 0 saturated carbocycles. The number of carbonyl (C=O) groups is 2. The van der Waals surface area contributed by atoms with Crippen molar-refractivity contribution in [1.82, 2.24) is 15.1 Å². The third-order valence-electron chi connectivity index (χ3n) is 5.34. The first-order valence-electron chi connectivity index (χ1n) is 10.1. The number of imide groups is 1. The Hall–Kier alpha value is -2.08. The van der Waals surface area contributed by atoms with E-state index in [9.17, 15) is 9.59 Å². The molecule has 2 fully saturated rings. The Morgan fingerprint density at radius 1 is 1.19 bits per heavy atom. The molecule has 148 valence electrons. The minimum atomic E-state index is -0.179. The molecule has 1 aromatic rings. The number of ether oxygens (including phenoxy) is 1. The number of nitrogens with zero attached hydrogens (tertiary/aromatic N) is 2. The van der Waals surface area contributed by atoms with Crippen molar-refractivity contribution < 1.29 is 14.3 Å². The fraction of sp³-hybridized carbons (Fsp3) is 0.619. The van der Waals surface area contributed by atoms with Gasteiger partial charge in [0.1, 0.15) is 18.4 Å². The SMILES string of the molecule is CC(C)c1ccccc1OCCNCCCCN1C(=O)[C@@H]2CCCN2C1=O. The van der Waals surface area contributed by atoms with Gasteiger partial charge in [0.25, 0.3) is 5.91 Å². The van der Waals surface area contributed by atoms with Gasteiger partial charge in [-0.25, -0.2) is 4.79 Å². The first kappa shape index (κ1) is 19.7. The van der Waals surface area contributed by atoms with Gasteiger partial charge in [0, 0.05) is 19.6 Å². The predicted molar refractivity (Wildman–Crippen MR) is 105 cm³/mol. The van der Waals surface area contributed by atoms with Crippen LogP contribution in [0.4, 0.5) is 4.79 Å². The van der Waals surface area contributed by atoms with Gasteiger partial charge in [0.15, 0.2) is 0 Å². The first-order chi connectivity index (χ1) is 13.1. The molecule has 2 aliphatic heterocycles. The Balaban J connectivity index is 1.27. The third-order valence-corrected chi connectivity index (χ3v) is 5.34. The summed E-state index contributed by atoms with van der Waals surface area (Å²) in [5.41, 5.74) is 1.23. The van der Waals surface area contributed by atoms with E-state index in [2.05, 4.69) is 25.2 Å². The molecule has 6 heteroatoms. The summed E-state index contributed by atoms with van der Waals surface area (Å²) in [6.45, 7) is 7.87. The lowest BCUT2D eigenvalue weighted by molar-refractivity contribution is -0.128. The number of rotatable bonds is 10. The van der Waals surface area contributed by atoms with E-state index in [4.69, 9.17) is 4.74 Å². The van der Waals surface area contributed by atoms with E-state index in [1.807, 2.05) is 18.2 Å². The van der Waals surface area contributed by atoms with Crippen LogP contribution in [0.5, 0.6) is 5.75 Å². The number of fused-ring (bicyclic) bond motifs is 1. The second kappa shape index (κ2) is 9.22. The van der Waals surface area contributed by atoms with Gasteiger partial charge in [-0.3, -0.25) is 9.69 Å². The lowest BCUT2D eigenvalue weighted by atomic mass is 10.0. The van der Waals surface area contributed by atoms with E-state index in [-0.39, 0.29) is 18.0 Å². The quantitative estimate of drug-likeness (QED) is 0.506. The highest BCUT2D eigenvalue weighted by atomic mass is 16.5. The molecule has 1 aromatic carbocycles.